The Labute approximate surface area is 207 Å². The van der Waals surface area contributed by atoms with Gasteiger partial charge in [-0.1, -0.05) is 18.2 Å². The minimum absolute atomic E-state index is 0.0933. The maximum atomic E-state index is 13.2. The first-order valence-electron chi connectivity index (χ1n) is 11.7. The van der Waals surface area contributed by atoms with E-state index in [2.05, 4.69) is 14.9 Å². The topological polar surface area (TPSA) is 99.6 Å². The zero-order valence-corrected chi connectivity index (χ0v) is 19.4. The third kappa shape index (κ3) is 3.84. The van der Waals surface area contributed by atoms with Crippen molar-refractivity contribution in [2.45, 2.75) is 6.54 Å². The molecule has 36 heavy (non-hydrogen) atoms. The van der Waals surface area contributed by atoms with Crippen LogP contribution in [0.1, 0.15) is 36.8 Å². The smallest absolute Gasteiger partial charge is 0.261 e. The molecule has 1 fully saturated rings. The first-order valence-corrected chi connectivity index (χ1v) is 11.7. The fourth-order valence-corrected chi connectivity index (χ4v) is 4.64. The summed E-state index contributed by atoms with van der Waals surface area (Å²) in [6, 6.07) is 17.8. The fraction of sp³-hybridized carbons (Fsp3) is 0.185. The maximum Gasteiger partial charge on any atom is 0.261 e. The first-order chi connectivity index (χ1) is 17.6. The highest BCUT2D eigenvalue weighted by atomic mass is 16.2. The van der Waals surface area contributed by atoms with E-state index in [4.69, 9.17) is 4.98 Å². The Kier molecular flexibility index (Phi) is 5.37. The number of para-hydroxylation sites is 2. The normalized spacial score (nSPS) is 15.5. The zero-order valence-electron chi connectivity index (χ0n) is 19.4. The van der Waals surface area contributed by atoms with Crippen molar-refractivity contribution in [1.29, 1.82) is 0 Å². The third-order valence-corrected chi connectivity index (χ3v) is 6.59. The Bertz CT molecular complexity index is 1500. The van der Waals surface area contributed by atoms with Crippen LogP contribution in [0.5, 0.6) is 0 Å². The Morgan fingerprint density at radius 1 is 0.806 bits per heavy atom. The van der Waals surface area contributed by atoms with Gasteiger partial charge in [0.25, 0.3) is 17.7 Å². The number of hydrogen-bond donors (Lipinski definition) is 0. The summed E-state index contributed by atoms with van der Waals surface area (Å²) < 4.78 is 0. The second-order valence-electron chi connectivity index (χ2n) is 8.77. The molecule has 0 atom stereocenters. The Morgan fingerprint density at radius 3 is 2.33 bits per heavy atom. The number of imide groups is 1. The van der Waals surface area contributed by atoms with E-state index in [1.54, 1.807) is 41.6 Å². The van der Waals surface area contributed by atoms with E-state index >= 15 is 0 Å². The van der Waals surface area contributed by atoms with Crippen molar-refractivity contribution in [2.24, 2.45) is 0 Å². The van der Waals surface area contributed by atoms with E-state index in [1.165, 1.54) is 11.0 Å². The molecule has 0 spiro atoms. The van der Waals surface area contributed by atoms with Crippen LogP contribution < -0.4 is 4.90 Å². The van der Waals surface area contributed by atoms with Crippen LogP contribution in [0.4, 0.5) is 5.82 Å². The fourth-order valence-electron chi connectivity index (χ4n) is 4.64. The van der Waals surface area contributed by atoms with Crippen LogP contribution in [0.2, 0.25) is 0 Å². The lowest BCUT2D eigenvalue weighted by atomic mass is 10.0. The lowest BCUT2D eigenvalue weighted by molar-refractivity contribution is 0.0640. The number of piperazine rings is 1. The number of hydrogen-bond acceptors (Lipinski definition) is 7. The van der Waals surface area contributed by atoms with Crippen LogP contribution in [0.25, 0.3) is 11.0 Å². The highest BCUT2D eigenvalue weighted by molar-refractivity contribution is 6.22. The highest BCUT2D eigenvalue weighted by Gasteiger charge is 2.36. The second-order valence-corrected chi connectivity index (χ2v) is 8.77. The number of fused-ring (bicyclic) bond motifs is 2. The van der Waals surface area contributed by atoms with Crippen molar-refractivity contribution in [1.82, 2.24) is 24.8 Å². The van der Waals surface area contributed by atoms with Crippen molar-refractivity contribution < 1.29 is 14.4 Å². The van der Waals surface area contributed by atoms with Crippen molar-refractivity contribution in [3.8, 4) is 0 Å². The molecule has 6 rings (SSSR count). The molecule has 2 aliphatic rings. The molecule has 9 heteroatoms. The van der Waals surface area contributed by atoms with Gasteiger partial charge in [-0.05, 0) is 42.5 Å². The predicted molar refractivity (Wildman–Crippen MR) is 133 cm³/mol. The molecule has 4 aromatic rings. The van der Waals surface area contributed by atoms with Crippen LogP contribution >= 0.6 is 0 Å². The van der Waals surface area contributed by atoms with Crippen LogP contribution in [0.15, 0.2) is 73.1 Å². The molecule has 0 unspecified atom stereocenters. The van der Waals surface area contributed by atoms with Crippen molar-refractivity contribution in [3.05, 3.63) is 95.4 Å². The van der Waals surface area contributed by atoms with Gasteiger partial charge in [-0.3, -0.25) is 29.3 Å². The van der Waals surface area contributed by atoms with Gasteiger partial charge in [-0.2, -0.15) is 0 Å². The molecule has 178 valence electrons. The molecule has 2 aromatic heterocycles. The van der Waals surface area contributed by atoms with Gasteiger partial charge < -0.3 is 9.80 Å². The van der Waals surface area contributed by atoms with Crippen LogP contribution in [-0.2, 0) is 6.54 Å². The SMILES string of the molecule is O=C(c1ccc2c(c1)C(=O)N(Cc1ccccn1)C2=O)N1CCN(c2cnc3ccccc3n2)CC1. The van der Waals surface area contributed by atoms with Gasteiger partial charge in [-0.25, -0.2) is 4.98 Å². The van der Waals surface area contributed by atoms with Crippen molar-refractivity contribution in [2.75, 3.05) is 31.1 Å². The molecule has 0 aliphatic carbocycles. The number of benzene rings is 2. The number of nitrogens with zero attached hydrogens (tertiary/aromatic N) is 6. The molecule has 9 nitrogen and oxygen atoms in total. The molecular formula is C27H22N6O3. The van der Waals surface area contributed by atoms with E-state index in [9.17, 15) is 14.4 Å². The molecule has 0 radical (unpaired) electrons. The minimum atomic E-state index is -0.407. The van der Waals surface area contributed by atoms with E-state index in [-0.39, 0.29) is 23.9 Å². The van der Waals surface area contributed by atoms with Gasteiger partial charge in [-0.15, -0.1) is 0 Å². The number of aromatic nitrogens is 3. The Balaban J connectivity index is 1.15. The summed E-state index contributed by atoms with van der Waals surface area (Å²) in [5, 5.41) is 0. The molecule has 0 N–H and O–H groups in total. The summed E-state index contributed by atoms with van der Waals surface area (Å²) in [6.45, 7) is 2.38. The average molecular weight is 479 g/mol. The average Bonchev–Trinajstić information content (AvgIpc) is 3.17. The van der Waals surface area contributed by atoms with Gasteiger partial charge >= 0.3 is 0 Å². The molecular weight excluding hydrogens is 456 g/mol. The van der Waals surface area contributed by atoms with Crippen LogP contribution in [0.3, 0.4) is 0 Å². The molecule has 1 saturated heterocycles. The summed E-state index contributed by atoms with van der Waals surface area (Å²) in [7, 11) is 0. The van der Waals surface area contributed by atoms with Crippen molar-refractivity contribution >= 4 is 34.6 Å². The van der Waals surface area contributed by atoms with E-state index in [0.717, 1.165) is 16.9 Å². The number of anilines is 1. The molecule has 2 aliphatic heterocycles. The summed E-state index contributed by atoms with van der Waals surface area (Å²) in [5.74, 6) is -0.152. The minimum Gasteiger partial charge on any atom is -0.352 e. The lowest BCUT2D eigenvalue weighted by Crippen LogP contribution is -2.49. The zero-order chi connectivity index (χ0) is 24.6. The Hall–Kier alpha value is -4.66. The lowest BCUT2D eigenvalue weighted by Gasteiger charge is -2.35. The molecule has 0 saturated carbocycles. The number of rotatable bonds is 4. The Morgan fingerprint density at radius 2 is 1.56 bits per heavy atom. The van der Waals surface area contributed by atoms with E-state index in [1.807, 2.05) is 30.3 Å². The van der Waals surface area contributed by atoms with Gasteiger partial charge in [0, 0.05) is 37.9 Å². The summed E-state index contributed by atoms with van der Waals surface area (Å²) in [4.78, 5) is 57.5. The third-order valence-electron chi connectivity index (χ3n) is 6.59. The maximum absolute atomic E-state index is 13.2. The molecule has 0 bridgehead atoms. The van der Waals surface area contributed by atoms with Crippen LogP contribution in [0, 0.1) is 0 Å². The molecule has 2 aromatic carbocycles. The van der Waals surface area contributed by atoms with E-state index < -0.39 is 5.91 Å². The summed E-state index contributed by atoms with van der Waals surface area (Å²) in [5.41, 5.74) is 3.27. The van der Waals surface area contributed by atoms with Gasteiger partial charge in [0.05, 0.1) is 40.6 Å². The summed E-state index contributed by atoms with van der Waals surface area (Å²) >= 11 is 0. The van der Waals surface area contributed by atoms with Crippen LogP contribution in [-0.4, -0.2) is 68.7 Å². The molecule has 3 amide bonds. The summed E-state index contributed by atoms with van der Waals surface area (Å²) in [6.07, 6.45) is 3.39. The number of carbonyl (C=O) groups is 3. The van der Waals surface area contributed by atoms with Gasteiger partial charge in [0.1, 0.15) is 5.82 Å². The number of carbonyl (C=O) groups excluding carboxylic acids is 3. The van der Waals surface area contributed by atoms with Gasteiger partial charge in [0.2, 0.25) is 0 Å². The number of amides is 3. The predicted octanol–water partition coefficient (Wildman–Crippen LogP) is 2.78. The van der Waals surface area contributed by atoms with Crippen molar-refractivity contribution in [3.63, 3.8) is 0 Å². The highest BCUT2D eigenvalue weighted by Crippen LogP contribution is 2.26. The van der Waals surface area contributed by atoms with E-state index in [0.29, 0.717) is 43.0 Å². The monoisotopic (exact) mass is 478 g/mol. The standard InChI is InChI=1S/C27H22N6O3/c34-25(32-13-11-31(12-14-32)24-16-29-22-6-1-2-7-23(22)30-24)18-8-9-20-21(15-18)27(36)33(26(20)35)17-19-5-3-4-10-28-19/h1-10,15-16H,11-14,17H2. The number of pyridine rings is 1. The molecule has 4 heterocycles. The van der Waals surface area contributed by atoms with Gasteiger partial charge in [0.15, 0.2) is 0 Å². The first kappa shape index (κ1) is 21.8. The second kappa shape index (κ2) is 8.84. The largest absolute Gasteiger partial charge is 0.352 e. The quantitative estimate of drug-likeness (QED) is 0.416.